The summed E-state index contributed by atoms with van der Waals surface area (Å²) in [6.45, 7) is 1.98. The maximum absolute atomic E-state index is 13.2. The second-order valence-corrected chi connectivity index (χ2v) is 7.47. The molecule has 25 heavy (non-hydrogen) atoms. The van der Waals surface area contributed by atoms with Crippen molar-refractivity contribution < 1.29 is 19.1 Å². The Bertz CT molecular complexity index is 804. The number of nitrogens with zero attached hydrogens (tertiary/aromatic N) is 1. The number of amides is 2. The Kier molecular flexibility index (Phi) is 2.86. The van der Waals surface area contributed by atoms with Crippen LogP contribution in [0.4, 0.5) is 5.69 Å². The third-order valence-corrected chi connectivity index (χ3v) is 6.49. The van der Waals surface area contributed by atoms with E-state index in [0.29, 0.717) is 5.69 Å². The molecule has 4 atom stereocenters. The maximum atomic E-state index is 13.2. The van der Waals surface area contributed by atoms with Crippen molar-refractivity contribution in [2.45, 2.75) is 19.8 Å². The quantitative estimate of drug-likeness (QED) is 0.483. The van der Waals surface area contributed by atoms with Crippen molar-refractivity contribution >= 4 is 23.5 Å². The fourth-order valence-electron chi connectivity index (χ4n) is 5.37. The van der Waals surface area contributed by atoms with E-state index in [-0.39, 0.29) is 53.1 Å². The molecule has 1 aromatic rings. The van der Waals surface area contributed by atoms with Crippen molar-refractivity contribution in [1.82, 2.24) is 0 Å². The van der Waals surface area contributed by atoms with Crippen LogP contribution in [0.25, 0.3) is 0 Å². The number of benzene rings is 1. The van der Waals surface area contributed by atoms with Crippen LogP contribution in [-0.2, 0) is 14.3 Å². The Morgan fingerprint density at radius 3 is 2.28 bits per heavy atom. The zero-order valence-corrected chi connectivity index (χ0v) is 14.0. The van der Waals surface area contributed by atoms with E-state index in [2.05, 4.69) is 12.2 Å². The highest BCUT2D eigenvalue weighted by molar-refractivity contribution is 6.24. The molecule has 2 saturated carbocycles. The van der Waals surface area contributed by atoms with E-state index in [4.69, 9.17) is 4.74 Å². The number of para-hydroxylation sites is 1. The van der Waals surface area contributed by atoms with Gasteiger partial charge in [0.25, 0.3) is 0 Å². The number of esters is 1. The Hall–Kier alpha value is -2.43. The summed E-state index contributed by atoms with van der Waals surface area (Å²) in [5.74, 6) is -0.988. The smallest absolute Gasteiger partial charge is 0.340 e. The maximum Gasteiger partial charge on any atom is 0.340 e. The highest BCUT2D eigenvalue weighted by Gasteiger charge is 2.73. The molecular formula is C20H19NO4. The van der Waals surface area contributed by atoms with E-state index in [9.17, 15) is 14.4 Å². The van der Waals surface area contributed by atoms with E-state index in [1.807, 2.05) is 0 Å². The van der Waals surface area contributed by atoms with Crippen molar-refractivity contribution in [2.75, 3.05) is 11.5 Å². The summed E-state index contributed by atoms with van der Waals surface area (Å²) in [7, 11) is 0. The molecule has 1 aliphatic heterocycles. The number of ether oxygens (including phenoxy) is 1. The highest BCUT2D eigenvalue weighted by Crippen LogP contribution is 2.73. The van der Waals surface area contributed by atoms with Crippen LogP contribution in [0.5, 0.6) is 0 Å². The van der Waals surface area contributed by atoms with E-state index >= 15 is 0 Å². The van der Waals surface area contributed by atoms with E-state index in [1.54, 1.807) is 31.2 Å². The first kappa shape index (κ1) is 14.9. The van der Waals surface area contributed by atoms with Gasteiger partial charge in [-0.2, -0.15) is 0 Å². The number of hydrogen-bond acceptors (Lipinski definition) is 4. The van der Waals surface area contributed by atoms with Gasteiger partial charge in [-0.1, -0.05) is 24.3 Å². The van der Waals surface area contributed by atoms with Gasteiger partial charge >= 0.3 is 5.97 Å². The van der Waals surface area contributed by atoms with Gasteiger partial charge in [-0.25, -0.2) is 9.69 Å². The van der Waals surface area contributed by atoms with Crippen molar-refractivity contribution in [3.05, 3.63) is 42.0 Å². The molecule has 1 saturated heterocycles. The number of carbonyl (C=O) groups is 3. The first-order valence-corrected chi connectivity index (χ1v) is 8.92. The number of rotatable bonds is 3. The van der Waals surface area contributed by atoms with Gasteiger partial charge in [0.2, 0.25) is 11.8 Å². The number of allylic oxidation sites excluding steroid dienone is 2. The van der Waals surface area contributed by atoms with Crippen LogP contribution in [-0.4, -0.2) is 24.4 Å². The lowest BCUT2D eigenvalue weighted by Crippen LogP contribution is -2.35. The fourth-order valence-corrected chi connectivity index (χ4v) is 5.37. The fraction of sp³-hybridized carbons (Fsp3) is 0.450. The molecular weight excluding hydrogens is 318 g/mol. The standard InChI is InChI=1S/C20H19NO4/c1-2-25-19(24)11-5-3-4-6-14(11)21-17(22)15-12-7-8-13(16(15)18(21)23)20(12)9-10-20/h3-8,12-13,15-16H,2,9-10H2,1H3/t12-,13+,15+,16-. The molecule has 1 heterocycles. The van der Waals surface area contributed by atoms with Gasteiger partial charge in [-0.3, -0.25) is 9.59 Å². The summed E-state index contributed by atoms with van der Waals surface area (Å²) in [5, 5.41) is 0. The highest BCUT2D eigenvalue weighted by atomic mass is 16.5. The average Bonchev–Trinajstić information content (AvgIpc) is 3.20. The predicted octanol–water partition coefficient (Wildman–Crippen LogP) is 2.56. The summed E-state index contributed by atoms with van der Waals surface area (Å²) in [5.41, 5.74) is 0.801. The number of fused-ring (bicyclic) bond motifs is 3. The van der Waals surface area contributed by atoms with Gasteiger partial charge < -0.3 is 4.74 Å². The van der Waals surface area contributed by atoms with Gasteiger partial charge in [-0.15, -0.1) is 0 Å². The zero-order valence-electron chi connectivity index (χ0n) is 14.0. The summed E-state index contributed by atoms with van der Waals surface area (Å²) in [6, 6.07) is 6.72. The molecule has 2 bridgehead atoms. The Morgan fingerprint density at radius 2 is 1.72 bits per heavy atom. The largest absolute Gasteiger partial charge is 0.462 e. The number of anilines is 1. The van der Waals surface area contributed by atoms with Crippen LogP contribution in [0.15, 0.2) is 36.4 Å². The van der Waals surface area contributed by atoms with Crippen molar-refractivity contribution in [3.8, 4) is 0 Å². The zero-order chi connectivity index (χ0) is 17.3. The van der Waals surface area contributed by atoms with E-state index < -0.39 is 5.97 Å². The van der Waals surface area contributed by atoms with E-state index in [0.717, 1.165) is 12.8 Å². The van der Waals surface area contributed by atoms with Crippen LogP contribution < -0.4 is 4.90 Å². The van der Waals surface area contributed by atoms with Crippen LogP contribution >= 0.6 is 0 Å². The van der Waals surface area contributed by atoms with Crippen LogP contribution in [0.3, 0.4) is 0 Å². The molecule has 0 radical (unpaired) electrons. The van der Waals surface area contributed by atoms with E-state index in [1.165, 1.54) is 4.90 Å². The first-order valence-electron chi connectivity index (χ1n) is 8.92. The lowest BCUT2D eigenvalue weighted by atomic mass is 9.85. The summed E-state index contributed by atoms with van der Waals surface area (Å²) in [6.07, 6.45) is 6.51. The number of carbonyl (C=O) groups excluding carboxylic acids is 3. The monoisotopic (exact) mass is 337 g/mol. The molecule has 1 aromatic carbocycles. The van der Waals surface area contributed by atoms with Crippen molar-refractivity contribution in [1.29, 1.82) is 0 Å². The molecule has 0 N–H and O–H groups in total. The SMILES string of the molecule is CCOC(=O)c1ccccc1N1C(=O)[C@@H]2[C@H](C1=O)[C@@H]1C=C[C@H]2C12CC2. The van der Waals surface area contributed by atoms with Crippen molar-refractivity contribution in [2.24, 2.45) is 29.1 Å². The number of hydrogen-bond donors (Lipinski definition) is 0. The lowest BCUT2D eigenvalue weighted by molar-refractivity contribution is -0.123. The molecule has 5 rings (SSSR count). The minimum atomic E-state index is -0.504. The van der Waals surface area contributed by atoms with Crippen molar-refractivity contribution in [3.63, 3.8) is 0 Å². The molecule has 3 fully saturated rings. The van der Waals surface area contributed by atoms with Crippen LogP contribution in [0.2, 0.25) is 0 Å². The second-order valence-electron chi connectivity index (χ2n) is 7.47. The van der Waals surface area contributed by atoms with Gasteiger partial charge in [0, 0.05) is 0 Å². The van der Waals surface area contributed by atoms with Gasteiger partial charge in [-0.05, 0) is 49.1 Å². The predicted molar refractivity (Wildman–Crippen MR) is 89.7 cm³/mol. The lowest BCUT2D eigenvalue weighted by Gasteiger charge is -2.23. The minimum Gasteiger partial charge on any atom is -0.462 e. The molecule has 0 unspecified atom stereocenters. The molecule has 4 aliphatic rings. The third kappa shape index (κ3) is 1.71. The third-order valence-electron chi connectivity index (χ3n) is 6.49. The molecule has 1 spiro atoms. The summed E-state index contributed by atoms with van der Waals surface area (Å²) in [4.78, 5) is 39.8. The molecule has 0 aromatic heterocycles. The molecule has 3 aliphatic carbocycles. The molecule has 128 valence electrons. The topological polar surface area (TPSA) is 63.7 Å². The van der Waals surface area contributed by atoms with Crippen LogP contribution in [0.1, 0.15) is 30.1 Å². The van der Waals surface area contributed by atoms with Gasteiger partial charge in [0.05, 0.1) is 29.7 Å². The minimum absolute atomic E-state index is 0.158. The normalized spacial score (nSPS) is 33.2. The molecule has 2 amide bonds. The number of imide groups is 1. The first-order chi connectivity index (χ1) is 12.1. The van der Waals surface area contributed by atoms with Gasteiger partial charge in [0.15, 0.2) is 0 Å². The Balaban J connectivity index is 1.55. The molecule has 5 heteroatoms. The second kappa shape index (κ2) is 4.81. The Morgan fingerprint density at radius 1 is 1.12 bits per heavy atom. The average molecular weight is 337 g/mol. The summed E-state index contributed by atoms with van der Waals surface area (Å²) >= 11 is 0. The summed E-state index contributed by atoms with van der Waals surface area (Å²) < 4.78 is 5.09. The molecule has 5 nitrogen and oxygen atoms in total. The Labute approximate surface area is 145 Å². The van der Waals surface area contributed by atoms with Crippen LogP contribution in [0, 0.1) is 29.1 Å². The van der Waals surface area contributed by atoms with Gasteiger partial charge in [0.1, 0.15) is 0 Å².